The number of nitrogens with zero attached hydrogens (tertiary/aromatic N) is 1. The first-order valence-electron chi connectivity index (χ1n) is 11.5. The Morgan fingerprint density at radius 3 is 2.35 bits per heavy atom. The van der Waals surface area contributed by atoms with Crippen LogP contribution in [-0.2, 0) is 16.0 Å². The Kier molecular flexibility index (Phi) is 6.36. The van der Waals surface area contributed by atoms with E-state index in [1.54, 1.807) is 12.1 Å². The number of carbonyl (C=O) groups is 1. The number of aromatic hydroxyl groups is 1. The molecule has 178 valence electrons. The summed E-state index contributed by atoms with van der Waals surface area (Å²) in [5.74, 6) is -0.0394. The molecular weight excluding hydrogens is 430 g/mol. The normalized spacial score (nSPS) is 14.3. The predicted octanol–water partition coefficient (Wildman–Crippen LogP) is 6.00. The zero-order valence-electron chi connectivity index (χ0n) is 20.3. The molecule has 1 aromatic heterocycles. The molecule has 1 atom stereocenters. The number of carboxylic acid groups (broad SMARTS) is 1. The van der Waals surface area contributed by atoms with E-state index in [-0.39, 0.29) is 5.75 Å². The molecule has 1 unspecified atom stereocenters. The van der Waals surface area contributed by atoms with Gasteiger partial charge in [-0.3, -0.25) is 4.98 Å². The molecule has 0 saturated carbocycles. The molecule has 0 amide bonds. The third kappa shape index (κ3) is 4.77. The predicted molar refractivity (Wildman–Crippen MR) is 131 cm³/mol. The van der Waals surface area contributed by atoms with Gasteiger partial charge in [0, 0.05) is 22.5 Å². The highest BCUT2D eigenvalue weighted by atomic mass is 16.5. The maximum absolute atomic E-state index is 12.5. The lowest BCUT2D eigenvalue weighted by Gasteiger charge is -2.29. The van der Waals surface area contributed by atoms with Crippen LogP contribution in [0.5, 0.6) is 11.5 Å². The molecule has 1 aliphatic rings. The number of phenols is 1. The molecule has 1 aliphatic heterocycles. The Bertz CT molecular complexity index is 1230. The number of aliphatic carboxylic acids is 1. The Morgan fingerprint density at radius 2 is 1.71 bits per heavy atom. The van der Waals surface area contributed by atoms with Crippen molar-refractivity contribution in [2.45, 2.75) is 59.2 Å². The number of hydrogen-bond acceptors (Lipinski definition) is 5. The number of fused-ring (bicyclic) bond motifs is 1. The van der Waals surface area contributed by atoms with Gasteiger partial charge in [0.15, 0.2) is 6.10 Å². The van der Waals surface area contributed by atoms with Crippen molar-refractivity contribution in [1.82, 2.24) is 4.98 Å². The van der Waals surface area contributed by atoms with E-state index in [4.69, 9.17) is 14.5 Å². The highest BCUT2D eigenvalue weighted by molar-refractivity contribution is 5.91. The van der Waals surface area contributed by atoms with Gasteiger partial charge >= 0.3 is 5.97 Å². The van der Waals surface area contributed by atoms with E-state index in [2.05, 4.69) is 6.07 Å². The van der Waals surface area contributed by atoms with Gasteiger partial charge in [0.25, 0.3) is 0 Å². The molecule has 0 spiro atoms. The number of pyridine rings is 1. The van der Waals surface area contributed by atoms with E-state index in [0.717, 1.165) is 52.1 Å². The molecule has 4 rings (SSSR count). The van der Waals surface area contributed by atoms with Crippen molar-refractivity contribution in [2.24, 2.45) is 0 Å². The van der Waals surface area contributed by atoms with E-state index in [1.165, 1.54) is 0 Å². The number of carboxylic acids is 1. The minimum absolute atomic E-state index is 0.161. The van der Waals surface area contributed by atoms with Gasteiger partial charge in [0.1, 0.15) is 11.5 Å². The highest BCUT2D eigenvalue weighted by Gasteiger charge is 2.33. The van der Waals surface area contributed by atoms with Crippen LogP contribution in [0.15, 0.2) is 42.5 Å². The van der Waals surface area contributed by atoms with E-state index >= 15 is 0 Å². The van der Waals surface area contributed by atoms with Crippen LogP contribution in [0.3, 0.4) is 0 Å². The number of benzene rings is 2. The molecule has 6 nitrogen and oxygen atoms in total. The number of hydrogen-bond donors (Lipinski definition) is 2. The molecule has 0 aliphatic carbocycles. The Hall–Kier alpha value is -3.38. The van der Waals surface area contributed by atoms with Gasteiger partial charge in [0.2, 0.25) is 0 Å². The lowest BCUT2D eigenvalue weighted by molar-refractivity contribution is -0.160. The Labute approximate surface area is 200 Å². The number of ether oxygens (including phenoxy) is 2. The maximum atomic E-state index is 12.5. The summed E-state index contributed by atoms with van der Waals surface area (Å²) in [6.45, 7) is 9.98. The fourth-order valence-electron chi connectivity index (χ4n) is 4.57. The molecule has 0 bridgehead atoms. The summed E-state index contributed by atoms with van der Waals surface area (Å²) < 4.78 is 11.9. The minimum Gasteiger partial charge on any atom is -0.508 e. The summed E-state index contributed by atoms with van der Waals surface area (Å²) in [6, 6.07) is 12.9. The standard InChI is InChI=1S/C28H31NO5/c1-16-23(18-8-11-21(30)12-9-18)25(20-10-13-22-19(15-20)7-6-14-33-22)24(17(2)29-16)26(27(31)32)34-28(3,4)5/h8-13,15,26,30H,6-7,14H2,1-5H3,(H,31,32). The maximum Gasteiger partial charge on any atom is 0.337 e. The van der Waals surface area contributed by atoms with Crippen molar-refractivity contribution in [3.05, 3.63) is 65.0 Å². The summed E-state index contributed by atoms with van der Waals surface area (Å²) in [6.07, 6.45) is 0.635. The molecule has 0 saturated heterocycles. The number of rotatable bonds is 5. The smallest absolute Gasteiger partial charge is 0.337 e. The van der Waals surface area contributed by atoms with Crippen LogP contribution in [-0.4, -0.2) is 33.4 Å². The number of aromatic nitrogens is 1. The summed E-state index contributed by atoms with van der Waals surface area (Å²) in [5, 5.41) is 20.1. The van der Waals surface area contributed by atoms with Crippen molar-refractivity contribution in [3.8, 4) is 33.8 Å². The van der Waals surface area contributed by atoms with Gasteiger partial charge in [-0.1, -0.05) is 18.2 Å². The van der Waals surface area contributed by atoms with Crippen LogP contribution in [0.2, 0.25) is 0 Å². The zero-order valence-corrected chi connectivity index (χ0v) is 20.3. The van der Waals surface area contributed by atoms with E-state index in [0.29, 0.717) is 17.9 Å². The first kappa shape index (κ1) is 23.8. The van der Waals surface area contributed by atoms with Gasteiger partial charge in [-0.25, -0.2) is 4.79 Å². The number of aryl methyl sites for hydroxylation is 3. The minimum atomic E-state index is -1.20. The first-order valence-corrected chi connectivity index (χ1v) is 11.5. The average molecular weight is 462 g/mol. The van der Waals surface area contributed by atoms with Gasteiger partial charge < -0.3 is 19.7 Å². The zero-order chi connectivity index (χ0) is 24.6. The summed E-state index contributed by atoms with van der Waals surface area (Å²) in [4.78, 5) is 17.3. The van der Waals surface area contributed by atoms with Gasteiger partial charge in [-0.05, 0) is 94.0 Å². The molecule has 2 N–H and O–H groups in total. The van der Waals surface area contributed by atoms with Crippen molar-refractivity contribution >= 4 is 5.97 Å². The van der Waals surface area contributed by atoms with Crippen molar-refractivity contribution < 1.29 is 24.5 Å². The van der Waals surface area contributed by atoms with Crippen molar-refractivity contribution in [1.29, 1.82) is 0 Å². The molecule has 0 radical (unpaired) electrons. The average Bonchev–Trinajstić information content (AvgIpc) is 2.77. The van der Waals surface area contributed by atoms with Crippen LogP contribution in [0.4, 0.5) is 0 Å². The lowest BCUT2D eigenvalue weighted by atomic mass is 9.85. The summed E-state index contributed by atoms with van der Waals surface area (Å²) in [7, 11) is 0. The van der Waals surface area contributed by atoms with E-state index in [9.17, 15) is 15.0 Å². The second-order valence-corrected chi connectivity index (χ2v) is 9.72. The SMILES string of the molecule is Cc1nc(C)c(C(OC(C)(C)C)C(=O)O)c(-c2ccc3c(c2)CCCO3)c1-c1ccc(O)cc1. The van der Waals surface area contributed by atoms with Crippen LogP contribution in [0.25, 0.3) is 22.3 Å². The van der Waals surface area contributed by atoms with Crippen molar-refractivity contribution in [2.75, 3.05) is 6.61 Å². The third-order valence-corrected chi connectivity index (χ3v) is 5.92. The summed E-state index contributed by atoms with van der Waals surface area (Å²) in [5.41, 5.74) is 5.67. The van der Waals surface area contributed by atoms with Crippen molar-refractivity contribution in [3.63, 3.8) is 0 Å². The molecular formula is C28H31NO5. The topological polar surface area (TPSA) is 88.9 Å². The molecule has 2 aromatic carbocycles. The quantitative estimate of drug-likeness (QED) is 0.484. The Morgan fingerprint density at radius 1 is 1.03 bits per heavy atom. The second kappa shape index (κ2) is 9.11. The van der Waals surface area contributed by atoms with Crippen LogP contribution in [0, 0.1) is 13.8 Å². The monoisotopic (exact) mass is 461 g/mol. The fraction of sp³-hybridized carbons (Fsp3) is 0.357. The second-order valence-electron chi connectivity index (χ2n) is 9.72. The largest absolute Gasteiger partial charge is 0.508 e. The molecule has 34 heavy (non-hydrogen) atoms. The van der Waals surface area contributed by atoms with Crippen LogP contribution < -0.4 is 4.74 Å². The van der Waals surface area contributed by atoms with Crippen LogP contribution in [0.1, 0.15) is 55.8 Å². The fourth-order valence-corrected chi connectivity index (χ4v) is 4.57. The van der Waals surface area contributed by atoms with E-state index in [1.807, 2.05) is 58.9 Å². The van der Waals surface area contributed by atoms with Gasteiger partial charge in [0.05, 0.1) is 12.2 Å². The van der Waals surface area contributed by atoms with E-state index < -0.39 is 17.7 Å². The van der Waals surface area contributed by atoms with Gasteiger partial charge in [-0.15, -0.1) is 0 Å². The lowest BCUT2D eigenvalue weighted by Crippen LogP contribution is -2.28. The molecule has 0 fully saturated rings. The Balaban J connectivity index is 2.06. The molecule has 3 aromatic rings. The van der Waals surface area contributed by atoms with Crippen LogP contribution >= 0.6 is 0 Å². The first-order chi connectivity index (χ1) is 16.0. The summed E-state index contributed by atoms with van der Waals surface area (Å²) >= 11 is 0. The third-order valence-electron chi connectivity index (χ3n) is 5.92. The molecule has 2 heterocycles. The highest BCUT2D eigenvalue weighted by Crippen LogP contribution is 2.44. The molecule has 6 heteroatoms. The number of phenolic OH excluding ortho intramolecular Hbond substituents is 1. The van der Waals surface area contributed by atoms with Gasteiger partial charge in [-0.2, -0.15) is 0 Å².